The molecule has 0 aliphatic heterocycles. The van der Waals surface area contributed by atoms with E-state index in [9.17, 15) is 0 Å². The Labute approximate surface area is 262 Å². The predicted octanol–water partition coefficient (Wildman–Crippen LogP) is 11.0. The van der Waals surface area contributed by atoms with Gasteiger partial charge in [-0.1, -0.05) is 105 Å². The van der Waals surface area contributed by atoms with Gasteiger partial charge in [-0.15, -0.1) is 0 Å². The first-order valence-electron chi connectivity index (χ1n) is 16.0. The Morgan fingerprint density at radius 3 is 2.12 bits per heavy atom. The van der Waals surface area contributed by atoms with E-state index >= 15 is 0 Å². The number of fused-ring (bicyclic) bond motifs is 1. The SMILES string of the molecule is C=CN=C(C)CN=CN(CC)c1ccc(NC(=CCC)Nc2cc(C(C)(C)C)ccc2CC)c2ccccc12.CC.CC. The fourth-order valence-corrected chi connectivity index (χ4v) is 4.52. The Bertz CT molecular complexity index is 1360. The molecule has 0 saturated heterocycles. The molecule has 0 fully saturated rings. The molecule has 0 heterocycles. The number of benzene rings is 3. The van der Waals surface area contributed by atoms with Crippen molar-refractivity contribution in [3.05, 3.63) is 90.4 Å². The van der Waals surface area contributed by atoms with Gasteiger partial charge in [0.05, 0.1) is 12.9 Å². The average molecular weight is 584 g/mol. The maximum atomic E-state index is 4.61. The van der Waals surface area contributed by atoms with Crippen LogP contribution in [-0.2, 0) is 11.8 Å². The third-order valence-corrected chi connectivity index (χ3v) is 6.71. The normalized spacial score (nSPS) is 11.8. The molecule has 0 atom stereocenters. The molecule has 0 radical (unpaired) electrons. The fourth-order valence-electron chi connectivity index (χ4n) is 4.52. The summed E-state index contributed by atoms with van der Waals surface area (Å²) in [7, 11) is 0. The number of hydrogen-bond acceptors (Lipinski definition) is 4. The van der Waals surface area contributed by atoms with Gasteiger partial charge < -0.3 is 15.5 Å². The van der Waals surface area contributed by atoms with E-state index in [-0.39, 0.29) is 5.41 Å². The van der Waals surface area contributed by atoms with Crippen LogP contribution in [0, 0.1) is 0 Å². The summed E-state index contributed by atoms with van der Waals surface area (Å²) in [5.74, 6) is 0.988. The molecule has 234 valence electrons. The van der Waals surface area contributed by atoms with Crippen molar-refractivity contribution in [2.75, 3.05) is 28.6 Å². The van der Waals surface area contributed by atoms with E-state index in [1.165, 1.54) is 16.5 Å². The van der Waals surface area contributed by atoms with Crippen LogP contribution >= 0.6 is 0 Å². The van der Waals surface area contributed by atoms with Crippen molar-refractivity contribution in [1.82, 2.24) is 0 Å². The molecule has 3 aromatic rings. The van der Waals surface area contributed by atoms with Crippen molar-refractivity contribution in [3.63, 3.8) is 0 Å². The van der Waals surface area contributed by atoms with Crippen molar-refractivity contribution >= 4 is 39.9 Å². The van der Waals surface area contributed by atoms with Crippen LogP contribution in [0.4, 0.5) is 17.1 Å². The second kappa shape index (κ2) is 19.4. The zero-order chi connectivity index (χ0) is 32.4. The number of aryl methyl sites for hydroxylation is 1. The minimum absolute atomic E-state index is 0.0857. The van der Waals surface area contributed by atoms with Crippen molar-refractivity contribution in [1.29, 1.82) is 0 Å². The van der Waals surface area contributed by atoms with Gasteiger partial charge in [-0.05, 0) is 67.5 Å². The summed E-state index contributed by atoms with van der Waals surface area (Å²) in [6.45, 7) is 28.3. The predicted molar refractivity (Wildman–Crippen MR) is 196 cm³/mol. The molecule has 43 heavy (non-hydrogen) atoms. The van der Waals surface area contributed by atoms with E-state index < -0.39 is 0 Å². The Morgan fingerprint density at radius 1 is 0.884 bits per heavy atom. The molecular weight excluding hydrogens is 526 g/mol. The summed E-state index contributed by atoms with van der Waals surface area (Å²) in [4.78, 5) is 11.0. The average Bonchev–Trinajstić information content (AvgIpc) is 3.01. The third kappa shape index (κ3) is 11.1. The van der Waals surface area contributed by atoms with Gasteiger partial charge in [-0.3, -0.25) is 9.98 Å². The summed E-state index contributed by atoms with van der Waals surface area (Å²) in [5.41, 5.74) is 6.99. The van der Waals surface area contributed by atoms with Crippen LogP contribution in [0.5, 0.6) is 0 Å². The molecule has 5 nitrogen and oxygen atoms in total. The van der Waals surface area contributed by atoms with Gasteiger partial charge in [0.25, 0.3) is 0 Å². The lowest BCUT2D eigenvalue weighted by molar-refractivity contribution is 0.590. The van der Waals surface area contributed by atoms with E-state index in [1.54, 1.807) is 6.20 Å². The lowest BCUT2D eigenvalue weighted by Gasteiger charge is -2.24. The third-order valence-electron chi connectivity index (χ3n) is 6.71. The first kappa shape index (κ1) is 37.2. The number of allylic oxidation sites excluding steroid dienone is 1. The standard InChI is InChI=1S/C34H45N5.2C2H6/c1-9-15-33(38-31-22-27(34(6,7)8)19-18-26(31)10-2)37-30-20-21-32(29-17-14-13-16-28(29)30)39(12-4)24-35-23-25(5)36-11-3;2*1-2/h11,13-22,24,37-38H,3,9-10,12,23H2,1-2,4-8H3;2*1-2H3. The van der Waals surface area contributed by atoms with Gasteiger partial charge in [0.2, 0.25) is 0 Å². The smallest absolute Gasteiger partial charge is 0.103 e. The van der Waals surface area contributed by atoms with Crippen molar-refractivity contribution in [2.24, 2.45) is 9.98 Å². The lowest BCUT2D eigenvalue weighted by atomic mass is 9.86. The van der Waals surface area contributed by atoms with E-state index in [1.807, 2.05) is 41.0 Å². The highest BCUT2D eigenvalue weighted by Gasteiger charge is 2.16. The summed E-state index contributed by atoms with van der Waals surface area (Å²) >= 11 is 0. The van der Waals surface area contributed by atoms with E-state index in [4.69, 9.17) is 0 Å². The van der Waals surface area contributed by atoms with Gasteiger partial charge in [0.1, 0.15) is 5.82 Å². The van der Waals surface area contributed by atoms with Gasteiger partial charge in [0.15, 0.2) is 0 Å². The van der Waals surface area contributed by atoms with Gasteiger partial charge in [0, 0.05) is 46.3 Å². The largest absolute Gasteiger partial charge is 0.342 e. The van der Waals surface area contributed by atoms with E-state index in [2.05, 4.69) is 134 Å². The van der Waals surface area contributed by atoms with Gasteiger partial charge in [-0.2, -0.15) is 0 Å². The van der Waals surface area contributed by atoms with E-state index in [0.29, 0.717) is 6.54 Å². The highest BCUT2D eigenvalue weighted by Crippen LogP contribution is 2.34. The Kier molecular flexibility index (Phi) is 16.7. The molecule has 3 rings (SSSR count). The first-order chi connectivity index (χ1) is 20.7. The van der Waals surface area contributed by atoms with Gasteiger partial charge >= 0.3 is 0 Å². The molecule has 2 N–H and O–H groups in total. The van der Waals surface area contributed by atoms with Crippen LogP contribution in [-0.4, -0.2) is 25.1 Å². The first-order valence-corrected chi connectivity index (χ1v) is 16.0. The monoisotopic (exact) mass is 583 g/mol. The molecule has 0 saturated carbocycles. The zero-order valence-corrected chi connectivity index (χ0v) is 28.8. The second-order valence-electron chi connectivity index (χ2n) is 10.7. The number of hydrogen-bond donors (Lipinski definition) is 2. The molecule has 0 unspecified atom stereocenters. The molecule has 5 heteroatoms. The molecule has 0 aliphatic rings. The minimum atomic E-state index is 0.0857. The van der Waals surface area contributed by atoms with Gasteiger partial charge in [-0.25, -0.2) is 0 Å². The van der Waals surface area contributed by atoms with Crippen LogP contribution < -0.4 is 15.5 Å². The fraction of sp³-hybridized carbons (Fsp3) is 0.421. The lowest BCUT2D eigenvalue weighted by Crippen LogP contribution is -2.21. The summed E-state index contributed by atoms with van der Waals surface area (Å²) in [5, 5.41) is 9.77. The van der Waals surface area contributed by atoms with Crippen molar-refractivity contribution in [3.8, 4) is 0 Å². The molecule has 0 bridgehead atoms. The molecule has 0 aliphatic carbocycles. The van der Waals surface area contributed by atoms with Crippen LogP contribution in [0.25, 0.3) is 10.8 Å². The molecule has 3 aromatic carbocycles. The summed E-state index contributed by atoms with van der Waals surface area (Å²) < 4.78 is 0. The van der Waals surface area contributed by atoms with Crippen LogP contribution in [0.2, 0.25) is 0 Å². The number of nitrogens with one attached hydrogen (secondary N) is 2. The quantitative estimate of drug-likeness (QED) is 0.165. The maximum Gasteiger partial charge on any atom is 0.103 e. The Morgan fingerprint density at radius 2 is 1.53 bits per heavy atom. The van der Waals surface area contributed by atoms with Crippen LogP contribution in [0.3, 0.4) is 0 Å². The number of aliphatic imine (C=N–C) groups is 2. The van der Waals surface area contributed by atoms with E-state index in [0.717, 1.165) is 53.4 Å². The summed E-state index contributed by atoms with van der Waals surface area (Å²) in [6.07, 6.45) is 7.57. The number of anilines is 3. The zero-order valence-electron chi connectivity index (χ0n) is 28.8. The maximum absolute atomic E-state index is 4.61. The topological polar surface area (TPSA) is 52.0 Å². The molecule has 0 aromatic heterocycles. The van der Waals surface area contributed by atoms with Crippen molar-refractivity contribution < 1.29 is 0 Å². The Balaban J connectivity index is 0.00000221. The highest BCUT2D eigenvalue weighted by molar-refractivity contribution is 6.05. The Hall–Kier alpha value is -3.86. The van der Waals surface area contributed by atoms with Crippen LogP contribution in [0.15, 0.2) is 89.3 Å². The highest BCUT2D eigenvalue weighted by atomic mass is 15.2. The number of rotatable bonds is 12. The minimum Gasteiger partial charge on any atom is -0.342 e. The van der Waals surface area contributed by atoms with Crippen molar-refractivity contribution in [2.45, 2.75) is 94.4 Å². The van der Waals surface area contributed by atoms with Crippen LogP contribution in [0.1, 0.15) is 93.7 Å². The number of nitrogens with zero attached hydrogens (tertiary/aromatic N) is 3. The second-order valence-corrected chi connectivity index (χ2v) is 10.7. The summed E-state index contributed by atoms with van der Waals surface area (Å²) in [6, 6.07) is 19.7. The molecule has 0 spiro atoms. The molecular formula is C38H57N5. The molecule has 0 amide bonds.